The number of amides is 2. The summed E-state index contributed by atoms with van der Waals surface area (Å²) < 4.78 is 111. The zero-order chi connectivity index (χ0) is 85.9. The first-order valence-corrected chi connectivity index (χ1v) is 37.2. The molecular weight excluding hydrogens is 1610 g/mol. The average molecular weight is 1720 g/mol. The number of hydrogen-bond acceptors (Lipinski definition) is 51. The van der Waals surface area contributed by atoms with Crippen LogP contribution in [0, 0.1) is 0 Å². The maximum Gasteiger partial charge on any atom is 0.217 e. The molecule has 0 aromatic carbocycles. The molecule has 10 heterocycles. The number of hydrogen-bond donors (Lipinski definition) is 32. The monoisotopic (exact) mass is 1720 g/mol. The highest BCUT2D eigenvalue weighted by Gasteiger charge is 2.62. The van der Waals surface area contributed by atoms with Crippen LogP contribution in [-0.4, -0.2) is 538 Å². The van der Waals surface area contributed by atoms with Crippen molar-refractivity contribution in [2.75, 3.05) is 66.1 Å². The number of carbonyl (C=O) groups is 2. The maximum atomic E-state index is 13.0. The Bertz CT molecular complexity index is 3050. The van der Waals surface area contributed by atoms with Crippen molar-refractivity contribution < 1.29 is 253 Å². The Kier molecular flexibility index (Phi) is 34.4. The van der Waals surface area contributed by atoms with Gasteiger partial charge in [0.25, 0.3) is 0 Å². The summed E-state index contributed by atoms with van der Waals surface area (Å²) in [5, 5.41) is 337. The number of rotatable bonds is 30. The predicted molar refractivity (Wildman–Crippen MR) is 353 cm³/mol. The van der Waals surface area contributed by atoms with Crippen LogP contribution in [0.1, 0.15) is 13.8 Å². The molecule has 117 heavy (non-hydrogen) atoms. The summed E-state index contributed by atoms with van der Waals surface area (Å²) in [6.45, 7) is -9.30. The Morgan fingerprint density at radius 1 is 0.222 bits per heavy atom. The van der Waals surface area contributed by atoms with Crippen molar-refractivity contribution in [3.63, 3.8) is 0 Å². The number of nitrogens with one attached hydrogen (secondary N) is 2. The third-order valence-electron chi connectivity index (χ3n) is 21.7. The topological polar surface area (TPSA) is 840 Å². The molecule has 10 saturated heterocycles. The van der Waals surface area contributed by atoms with Crippen LogP contribution >= 0.6 is 0 Å². The lowest BCUT2D eigenvalue weighted by Crippen LogP contribution is -2.70. The standard InChI is InChI=1S/C64H108N2O51/c1-13(75)65-25-35(85)48(21(9-73)101-55(25)98)111-56-26(66-14(2)76)36(86)49(22(10-74)108-56)112-61-47(97)51(114-63-54(42(92)32(82)19(7-71)106-63)117-64-53(41(91)31(81)20(8-72)107-64)116-60-45(95)39(89)29(79)17(5-69)104-60)34(84)24(110-61)12-100-58-46(96)50(33(83)23(109-58)11-99-57-43(93)37(87)27(77)15(3-67)102-57)113-62-52(40(90)30(80)18(6-70)105-62)115-59-44(94)38(88)28(78)16(4-68)103-59/h15-64,67-74,77-98H,3-12H2,1-2H3,(H,65,75)(H,66,76)/t15-,16-,17-,18-,19-,20-,21-,22-,23-,24-,25-,26-,27-,28-,29-,30-,31-,32-,33-,34-,35-,36-,37+,38+,39+,40-,41+,42+,43+,44+,45+,46+,47+,48-,49-,50+,51+,52+,53+,54+,55-,56+,57+,58+,59-,60-,61-,62-,63-,64-/m1/s1. The Morgan fingerprint density at radius 2 is 0.462 bits per heavy atom. The van der Waals surface area contributed by atoms with Gasteiger partial charge in [0.1, 0.15) is 244 Å². The lowest BCUT2D eigenvalue weighted by atomic mass is 9.94. The van der Waals surface area contributed by atoms with Crippen LogP contribution in [0.15, 0.2) is 0 Å². The smallest absolute Gasteiger partial charge is 0.217 e. The molecule has 50 atom stereocenters. The minimum atomic E-state index is -2.64. The minimum absolute atomic E-state index is 0.806. The molecule has 10 aliphatic rings. The second-order valence-electron chi connectivity index (χ2n) is 29.5. The molecule has 53 heteroatoms. The van der Waals surface area contributed by atoms with Crippen LogP contribution in [0.5, 0.6) is 0 Å². The molecule has 10 rings (SSSR count). The van der Waals surface area contributed by atoms with E-state index in [9.17, 15) is 163 Å². The molecule has 0 radical (unpaired) electrons. The van der Waals surface area contributed by atoms with E-state index in [-0.39, 0.29) is 0 Å². The molecule has 0 aromatic rings. The highest BCUT2D eigenvalue weighted by Crippen LogP contribution is 2.41. The second-order valence-corrected chi connectivity index (χ2v) is 29.5. The molecule has 2 amide bonds. The molecule has 0 unspecified atom stereocenters. The van der Waals surface area contributed by atoms with E-state index in [1.54, 1.807) is 0 Å². The van der Waals surface area contributed by atoms with Gasteiger partial charge in [-0.2, -0.15) is 0 Å². The van der Waals surface area contributed by atoms with Gasteiger partial charge in [-0.05, 0) is 0 Å². The first-order chi connectivity index (χ1) is 55.4. The third-order valence-corrected chi connectivity index (χ3v) is 21.7. The molecule has 0 saturated carbocycles. The van der Waals surface area contributed by atoms with E-state index in [0.29, 0.717) is 0 Å². The SMILES string of the molecule is CC(=O)N[C@@H]1[C@@H](O)[C@H](O[C@@H]2O[C@H](CO)[C@@H](O[C@H]3O[C@H](CO[C@H]4O[C@H](CO[C@H]5O[C@H](CO)[C@@H](O)[C@H](O)[C@@H]5O)[C@@H](O)[C@H](O[C@H]5O[C@H](CO)[C@@H](O)[C@@H](O)[C@@H]5O[C@H]5O[C@H](CO)[C@@H](O)[C@H](O)[C@@H]5O)[C@@H]4O)[C@@H](O)[C@H](O[C@H]4O[C@H](CO)[C@@H](O)[C@H](O)[C@@H]4O[C@H]4O[C@H](CO)[C@@H](O)[C@H](O)[C@@H]4O[C@H]4O[C@H](CO)[C@@H](O)[C@H](O)[C@@H]4O)[C@@H]3O)[C@H](O)[C@H]2NC(C)=O)[C@@H](CO)O[C@H]1O. The normalized spacial score (nSPS) is 51.5. The van der Waals surface area contributed by atoms with E-state index < -0.39 is 385 Å². The quantitative estimate of drug-likeness (QED) is 0.0318. The van der Waals surface area contributed by atoms with E-state index >= 15 is 0 Å². The van der Waals surface area contributed by atoms with E-state index in [0.717, 1.165) is 13.8 Å². The summed E-state index contributed by atoms with van der Waals surface area (Å²) >= 11 is 0. The van der Waals surface area contributed by atoms with E-state index in [1.165, 1.54) is 0 Å². The van der Waals surface area contributed by atoms with E-state index in [4.69, 9.17) is 90.0 Å². The molecular formula is C64H108N2O51. The summed E-state index contributed by atoms with van der Waals surface area (Å²) in [4.78, 5) is 25.2. The van der Waals surface area contributed by atoms with Gasteiger partial charge in [0.2, 0.25) is 11.8 Å². The molecule has 680 valence electrons. The Morgan fingerprint density at radius 3 is 0.829 bits per heavy atom. The summed E-state index contributed by atoms with van der Waals surface area (Å²) in [6, 6.07) is -3.64. The van der Waals surface area contributed by atoms with Gasteiger partial charge in [0.15, 0.2) is 62.9 Å². The van der Waals surface area contributed by atoms with Crippen molar-refractivity contribution in [3.05, 3.63) is 0 Å². The van der Waals surface area contributed by atoms with Crippen molar-refractivity contribution in [3.8, 4) is 0 Å². The van der Waals surface area contributed by atoms with Crippen molar-refractivity contribution in [1.82, 2.24) is 10.6 Å². The van der Waals surface area contributed by atoms with Crippen LogP contribution in [0.2, 0.25) is 0 Å². The molecule has 0 aliphatic carbocycles. The number of aliphatic hydroxyl groups excluding tert-OH is 30. The van der Waals surface area contributed by atoms with Gasteiger partial charge in [-0.15, -0.1) is 0 Å². The molecule has 0 bridgehead atoms. The van der Waals surface area contributed by atoms with Gasteiger partial charge in [-0.3, -0.25) is 9.59 Å². The largest absolute Gasteiger partial charge is 0.394 e. The van der Waals surface area contributed by atoms with Gasteiger partial charge in [0.05, 0.1) is 66.1 Å². The fourth-order valence-electron chi connectivity index (χ4n) is 15.0. The highest BCUT2D eigenvalue weighted by molar-refractivity contribution is 5.73. The zero-order valence-electron chi connectivity index (χ0n) is 61.9. The first kappa shape index (κ1) is 96.2. The van der Waals surface area contributed by atoms with Crippen molar-refractivity contribution >= 4 is 11.8 Å². The fraction of sp³-hybridized carbons (Fsp3) is 0.969. The molecule has 0 aromatic heterocycles. The number of carbonyl (C=O) groups excluding carboxylic acids is 2. The molecule has 10 fully saturated rings. The van der Waals surface area contributed by atoms with Crippen molar-refractivity contribution in [1.29, 1.82) is 0 Å². The van der Waals surface area contributed by atoms with E-state index in [1.807, 2.05) is 0 Å². The summed E-state index contributed by atoms with van der Waals surface area (Å²) in [5.41, 5.74) is 0. The van der Waals surface area contributed by atoms with Crippen molar-refractivity contribution in [2.24, 2.45) is 0 Å². The number of ether oxygens (including phenoxy) is 19. The average Bonchev–Trinajstić information content (AvgIpc) is 0.779. The Hall–Kier alpha value is -3.02. The van der Waals surface area contributed by atoms with Crippen LogP contribution < -0.4 is 10.6 Å². The highest BCUT2D eigenvalue weighted by atomic mass is 16.8. The van der Waals surface area contributed by atoms with Gasteiger partial charge in [0, 0.05) is 13.8 Å². The second kappa shape index (κ2) is 41.9. The maximum absolute atomic E-state index is 13.0. The Labute approximate surface area is 660 Å². The van der Waals surface area contributed by atoms with E-state index in [2.05, 4.69) is 10.6 Å². The lowest BCUT2D eigenvalue weighted by molar-refractivity contribution is -0.408. The van der Waals surface area contributed by atoms with Gasteiger partial charge in [-0.1, -0.05) is 0 Å². The van der Waals surface area contributed by atoms with Gasteiger partial charge < -0.3 is 254 Å². The van der Waals surface area contributed by atoms with Crippen LogP contribution in [0.25, 0.3) is 0 Å². The molecule has 32 N–H and O–H groups in total. The summed E-state index contributed by atoms with van der Waals surface area (Å²) in [5.74, 6) is -1.78. The summed E-state index contributed by atoms with van der Waals surface area (Å²) in [7, 11) is 0. The molecule has 10 aliphatic heterocycles. The van der Waals surface area contributed by atoms with Gasteiger partial charge in [-0.25, -0.2) is 0 Å². The zero-order valence-corrected chi connectivity index (χ0v) is 61.9. The van der Waals surface area contributed by atoms with Crippen LogP contribution in [0.3, 0.4) is 0 Å². The predicted octanol–water partition coefficient (Wildman–Crippen LogP) is -22.5. The minimum Gasteiger partial charge on any atom is -0.394 e. The Balaban J connectivity index is 1.01. The lowest BCUT2D eigenvalue weighted by Gasteiger charge is -2.51. The van der Waals surface area contributed by atoms with Crippen LogP contribution in [0.4, 0.5) is 0 Å². The first-order valence-electron chi connectivity index (χ1n) is 37.2. The molecule has 0 spiro atoms. The third kappa shape index (κ3) is 20.7. The molecule has 53 nitrogen and oxygen atoms in total. The summed E-state index contributed by atoms with van der Waals surface area (Å²) in [6.07, 6.45) is -104. The van der Waals surface area contributed by atoms with Gasteiger partial charge >= 0.3 is 0 Å². The number of aliphatic hydroxyl groups is 30. The van der Waals surface area contributed by atoms with Crippen LogP contribution in [-0.2, 0) is 99.6 Å². The fourth-order valence-corrected chi connectivity index (χ4v) is 15.0. The van der Waals surface area contributed by atoms with Crippen molar-refractivity contribution in [2.45, 2.75) is 321 Å².